The maximum absolute atomic E-state index is 13.7. The van der Waals surface area contributed by atoms with Crippen LogP contribution in [0.5, 0.6) is 0 Å². The first-order valence-electron chi connectivity index (χ1n) is 6.62. The van der Waals surface area contributed by atoms with Crippen molar-refractivity contribution in [3.63, 3.8) is 0 Å². The van der Waals surface area contributed by atoms with Crippen LogP contribution in [0.25, 0.3) is 10.6 Å². The molecule has 1 aromatic heterocycles. The molecule has 0 radical (unpaired) electrons. The summed E-state index contributed by atoms with van der Waals surface area (Å²) in [7, 11) is -3.12. The summed E-state index contributed by atoms with van der Waals surface area (Å²) >= 11 is 1.06. The van der Waals surface area contributed by atoms with Crippen molar-refractivity contribution in [3.8, 4) is 10.6 Å². The van der Waals surface area contributed by atoms with Crippen LogP contribution in [-0.2, 0) is 9.84 Å². The molecule has 5 nitrogen and oxygen atoms in total. The molecule has 0 saturated heterocycles. The van der Waals surface area contributed by atoms with Crippen LogP contribution in [0.15, 0.2) is 30.5 Å². The minimum Gasteiger partial charge on any atom is -0.350 e. The van der Waals surface area contributed by atoms with E-state index in [0.717, 1.165) is 11.3 Å². The third-order valence-corrected chi connectivity index (χ3v) is 5.71. The number of halogens is 1. The van der Waals surface area contributed by atoms with E-state index in [1.165, 1.54) is 12.3 Å². The highest BCUT2D eigenvalue weighted by atomic mass is 32.2. The number of carbonyl (C=O) groups is 1. The van der Waals surface area contributed by atoms with Crippen molar-refractivity contribution in [1.29, 1.82) is 0 Å². The average molecular weight is 342 g/mol. The molecule has 0 bridgehead atoms. The molecule has 0 aliphatic rings. The van der Waals surface area contributed by atoms with Gasteiger partial charge in [0.2, 0.25) is 0 Å². The predicted octanol–water partition coefficient (Wildman–Crippen LogP) is 2.11. The van der Waals surface area contributed by atoms with Gasteiger partial charge in [-0.1, -0.05) is 19.1 Å². The molecular formula is C14H15FN2O3S2. The first-order chi connectivity index (χ1) is 10.4. The van der Waals surface area contributed by atoms with E-state index >= 15 is 0 Å². The van der Waals surface area contributed by atoms with Gasteiger partial charge < -0.3 is 5.32 Å². The van der Waals surface area contributed by atoms with Gasteiger partial charge in [-0.3, -0.25) is 4.79 Å². The van der Waals surface area contributed by atoms with Crippen molar-refractivity contribution in [3.05, 3.63) is 41.2 Å². The summed E-state index contributed by atoms with van der Waals surface area (Å²) in [6.07, 6.45) is 1.36. The van der Waals surface area contributed by atoms with Crippen molar-refractivity contribution in [2.45, 2.75) is 6.92 Å². The summed E-state index contributed by atoms with van der Waals surface area (Å²) < 4.78 is 36.3. The lowest BCUT2D eigenvalue weighted by Gasteiger charge is -2.03. The second-order valence-corrected chi connectivity index (χ2v) is 8.01. The number of hydrogen-bond acceptors (Lipinski definition) is 5. The molecule has 2 aromatic rings. The molecule has 1 amide bonds. The Bertz CT molecular complexity index is 772. The Labute approximate surface area is 132 Å². The van der Waals surface area contributed by atoms with Gasteiger partial charge in [-0.2, -0.15) is 0 Å². The second kappa shape index (κ2) is 6.97. The molecule has 1 aromatic carbocycles. The molecule has 22 heavy (non-hydrogen) atoms. The number of thiazole rings is 1. The van der Waals surface area contributed by atoms with E-state index < -0.39 is 21.6 Å². The molecule has 0 aliphatic heterocycles. The largest absolute Gasteiger partial charge is 0.350 e. The molecule has 0 saturated carbocycles. The maximum Gasteiger partial charge on any atom is 0.263 e. The molecule has 0 fully saturated rings. The Kier molecular flexibility index (Phi) is 5.25. The highest BCUT2D eigenvalue weighted by Crippen LogP contribution is 2.27. The normalized spacial score (nSPS) is 11.4. The summed E-state index contributed by atoms with van der Waals surface area (Å²) in [6.45, 7) is 1.60. The van der Waals surface area contributed by atoms with Crippen LogP contribution in [0.4, 0.5) is 4.39 Å². The summed E-state index contributed by atoms with van der Waals surface area (Å²) in [5.74, 6) is -0.876. The fraction of sp³-hybridized carbons (Fsp3) is 0.286. The molecule has 2 rings (SSSR count). The molecule has 8 heteroatoms. The number of amides is 1. The standard InChI is InChI=1S/C14H15FN2O3S2/c1-2-22(19,20)8-7-16-13(18)12-9-17-14(21-12)10-5-3-4-6-11(10)15/h3-6,9H,2,7-8H2,1H3,(H,16,18). The van der Waals surface area contributed by atoms with Crippen LogP contribution in [0.3, 0.4) is 0 Å². The number of hydrogen-bond donors (Lipinski definition) is 1. The van der Waals surface area contributed by atoms with E-state index in [1.807, 2.05) is 0 Å². The van der Waals surface area contributed by atoms with Crippen LogP contribution in [0.2, 0.25) is 0 Å². The van der Waals surface area contributed by atoms with Crippen molar-refractivity contribution in [2.75, 3.05) is 18.1 Å². The highest BCUT2D eigenvalue weighted by Gasteiger charge is 2.14. The Morgan fingerprint density at radius 2 is 2.09 bits per heavy atom. The maximum atomic E-state index is 13.7. The number of rotatable bonds is 6. The first-order valence-corrected chi connectivity index (χ1v) is 9.26. The van der Waals surface area contributed by atoms with Crippen LogP contribution in [0, 0.1) is 5.82 Å². The summed E-state index contributed by atoms with van der Waals surface area (Å²) in [5.41, 5.74) is 0.333. The Morgan fingerprint density at radius 1 is 1.36 bits per heavy atom. The van der Waals surface area contributed by atoms with E-state index in [0.29, 0.717) is 15.4 Å². The lowest BCUT2D eigenvalue weighted by atomic mass is 10.2. The quantitative estimate of drug-likeness (QED) is 0.872. The van der Waals surface area contributed by atoms with Gasteiger partial charge in [-0.25, -0.2) is 17.8 Å². The second-order valence-electron chi connectivity index (χ2n) is 4.50. The van der Waals surface area contributed by atoms with Crippen LogP contribution in [-0.4, -0.2) is 37.4 Å². The van der Waals surface area contributed by atoms with Gasteiger partial charge in [0.1, 0.15) is 15.7 Å². The lowest BCUT2D eigenvalue weighted by Crippen LogP contribution is -2.29. The summed E-state index contributed by atoms with van der Waals surface area (Å²) in [5, 5.41) is 2.93. The highest BCUT2D eigenvalue weighted by molar-refractivity contribution is 7.91. The topological polar surface area (TPSA) is 76.1 Å². The SMILES string of the molecule is CCS(=O)(=O)CCNC(=O)c1cnc(-c2ccccc2F)s1. The van der Waals surface area contributed by atoms with Crippen LogP contribution >= 0.6 is 11.3 Å². The van der Waals surface area contributed by atoms with Gasteiger partial charge in [-0.05, 0) is 12.1 Å². The Hall–Kier alpha value is -1.80. The van der Waals surface area contributed by atoms with Gasteiger partial charge in [0.25, 0.3) is 5.91 Å². The smallest absolute Gasteiger partial charge is 0.263 e. The average Bonchev–Trinajstić information content (AvgIpc) is 2.97. The van der Waals surface area contributed by atoms with E-state index in [-0.39, 0.29) is 18.1 Å². The van der Waals surface area contributed by atoms with Crippen molar-refractivity contribution < 1.29 is 17.6 Å². The Balaban J connectivity index is 2.03. The zero-order valence-corrected chi connectivity index (χ0v) is 13.5. The van der Waals surface area contributed by atoms with Gasteiger partial charge in [-0.15, -0.1) is 11.3 Å². The number of nitrogens with zero attached hydrogens (tertiary/aromatic N) is 1. The van der Waals surface area contributed by atoms with Gasteiger partial charge in [0.05, 0.1) is 11.9 Å². The predicted molar refractivity (Wildman–Crippen MR) is 84.2 cm³/mol. The van der Waals surface area contributed by atoms with Gasteiger partial charge >= 0.3 is 0 Å². The van der Waals surface area contributed by atoms with Gasteiger partial charge in [0.15, 0.2) is 9.84 Å². The fourth-order valence-electron chi connectivity index (χ4n) is 1.69. The minimum atomic E-state index is -3.12. The van der Waals surface area contributed by atoms with E-state index in [1.54, 1.807) is 25.1 Å². The summed E-state index contributed by atoms with van der Waals surface area (Å²) in [4.78, 5) is 16.3. The van der Waals surface area contributed by atoms with Crippen molar-refractivity contribution in [2.24, 2.45) is 0 Å². The zero-order chi connectivity index (χ0) is 16.2. The molecule has 0 atom stereocenters. The number of carbonyl (C=O) groups excluding carboxylic acids is 1. The first kappa shape index (κ1) is 16.6. The van der Waals surface area contributed by atoms with Gasteiger partial charge in [0, 0.05) is 17.9 Å². The third-order valence-electron chi connectivity index (χ3n) is 2.97. The number of aromatic nitrogens is 1. The molecule has 0 unspecified atom stereocenters. The third kappa shape index (κ3) is 4.11. The number of nitrogens with one attached hydrogen (secondary N) is 1. The monoisotopic (exact) mass is 342 g/mol. The molecule has 0 spiro atoms. The molecular weight excluding hydrogens is 327 g/mol. The lowest BCUT2D eigenvalue weighted by molar-refractivity contribution is 0.0960. The summed E-state index contributed by atoms with van der Waals surface area (Å²) in [6, 6.07) is 6.18. The number of benzene rings is 1. The van der Waals surface area contributed by atoms with Crippen molar-refractivity contribution >= 4 is 27.1 Å². The molecule has 0 aliphatic carbocycles. The van der Waals surface area contributed by atoms with E-state index in [9.17, 15) is 17.6 Å². The Morgan fingerprint density at radius 3 is 2.77 bits per heavy atom. The van der Waals surface area contributed by atoms with Crippen molar-refractivity contribution in [1.82, 2.24) is 10.3 Å². The minimum absolute atomic E-state index is 0.0425. The molecule has 1 heterocycles. The van der Waals surface area contributed by atoms with E-state index in [2.05, 4.69) is 10.3 Å². The number of sulfone groups is 1. The molecule has 118 valence electrons. The van der Waals surface area contributed by atoms with Crippen LogP contribution < -0.4 is 5.32 Å². The van der Waals surface area contributed by atoms with Crippen LogP contribution in [0.1, 0.15) is 16.6 Å². The zero-order valence-electron chi connectivity index (χ0n) is 11.9. The fourth-order valence-corrected chi connectivity index (χ4v) is 3.25. The van der Waals surface area contributed by atoms with E-state index in [4.69, 9.17) is 0 Å². The molecule has 1 N–H and O–H groups in total.